The number of hydrogen-bond acceptors (Lipinski definition) is 6. The number of carbonyl (C=O) groups is 4. The Balaban J connectivity index is 0. The van der Waals surface area contributed by atoms with Gasteiger partial charge in [0.2, 0.25) is 0 Å². The van der Waals surface area contributed by atoms with Gasteiger partial charge in [0.15, 0.2) is 0 Å². The number of carboxylic acid groups (broad SMARTS) is 4. The second kappa shape index (κ2) is 10.6. The van der Waals surface area contributed by atoms with Crippen molar-refractivity contribution in [1.82, 2.24) is 0 Å². The van der Waals surface area contributed by atoms with Gasteiger partial charge in [0.25, 0.3) is 0 Å². The van der Waals surface area contributed by atoms with Gasteiger partial charge in [-0.1, -0.05) is 26.2 Å². The molecule has 0 unspecified atom stereocenters. The molecule has 0 atom stereocenters. The lowest BCUT2D eigenvalue weighted by atomic mass is 9.88. The third-order valence-corrected chi connectivity index (χ3v) is 1.73. The molecule has 110 valence electrons. The molecule has 0 aromatic heterocycles. The van der Waals surface area contributed by atoms with E-state index in [9.17, 15) is 9.59 Å². The molecule has 1 saturated carbocycles. The summed E-state index contributed by atoms with van der Waals surface area (Å²) in [7, 11) is 0. The molecule has 1 aliphatic carbocycles. The molecule has 4 N–H and O–H groups in total. The Morgan fingerprint density at radius 2 is 1.16 bits per heavy atom. The quantitative estimate of drug-likeness (QED) is 0.382. The molecule has 2 aliphatic rings. The molecule has 2 rings (SSSR count). The van der Waals surface area contributed by atoms with E-state index in [2.05, 4.69) is 16.4 Å². The Hall–Kier alpha value is -2.52. The third kappa shape index (κ3) is 21.3. The standard InChI is InChI=1S/C5H10.C2O4.2CH2O3/c1-5-3-2-4-5;3-1-5-2(4)6-1;2*2-1(3)4/h5H,2-4H2,1H3;;2*(H2,2,3,4). The van der Waals surface area contributed by atoms with E-state index < -0.39 is 24.6 Å². The molecule has 0 bridgehead atoms. The molecule has 0 amide bonds. The van der Waals surface area contributed by atoms with Gasteiger partial charge in [0.05, 0.1) is 0 Å². The lowest BCUT2D eigenvalue weighted by Crippen LogP contribution is -2.27. The van der Waals surface area contributed by atoms with Gasteiger partial charge in [-0.15, -0.1) is 0 Å². The van der Waals surface area contributed by atoms with Crippen LogP contribution in [0, 0.1) is 5.92 Å². The van der Waals surface area contributed by atoms with Gasteiger partial charge >= 0.3 is 24.6 Å². The number of hydrogen-bond donors (Lipinski definition) is 4. The highest BCUT2D eigenvalue weighted by atomic mass is 16.9. The zero-order valence-electron chi connectivity index (χ0n) is 9.94. The number of ether oxygens (including phenoxy) is 2. The van der Waals surface area contributed by atoms with Crippen molar-refractivity contribution < 1.29 is 49.1 Å². The average Bonchev–Trinajstić information content (AvgIpc) is 2.12. The molecule has 10 heteroatoms. The van der Waals surface area contributed by atoms with E-state index in [1.807, 2.05) is 0 Å². The van der Waals surface area contributed by atoms with E-state index in [1.165, 1.54) is 19.3 Å². The van der Waals surface area contributed by atoms with Crippen molar-refractivity contribution in [2.45, 2.75) is 26.2 Å². The molecule has 1 saturated heterocycles. The van der Waals surface area contributed by atoms with Crippen LogP contribution in [-0.2, 0) is 9.47 Å². The first kappa shape index (κ1) is 18.8. The lowest BCUT2D eigenvalue weighted by molar-refractivity contribution is 0.00674. The van der Waals surface area contributed by atoms with Crippen LogP contribution in [0.2, 0.25) is 0 Å². The van der Waals surface area contributed by atoms with Gasteiger partial charge in [0.1, 0.15) is 0 Å². The summed E-state index contributed by atoms with van der Waals surface area (Å²) in [4.78, 5) is 36.0. The van der Waals surface area contributed by atoms with E-state index in [0.717, 1.165) is 5.92 Å². The first-order chi connectivity index (χ1) is 8.65. The minimum atomic E-state index is -1.83. The average molecular weight is 282 g/mol. The second-order valence-electron chi connectivity index (χ2n) is 3.31. The van der Waals surface area contributed by atoms with Crippen LogP contribution in [0.1, 0.15) is 26.2 Å². The number of carbonyl (C=O) groups excluding carboxylic acids is 2. The molecule has 1 aliphatic heterocycles. The fraction of sp³-hybridized carbons (Fsp3) is 0.556. The molecule has 2 fully saturated rings. The first-order valence-corrected chi connectivity index (χ1v) is 4.92. The summed E-state index contributed by atoms with van der Waals surface area (Å²) in [6.45, 7) is 2.31. The smallest absolute Gasteiger partial charge is 0.450 e. The summed E-state index contributed by atoms with van der Waals surface area (Å²) in [6.07, 6.45) is -1.04. The Morgan fingerprint density at radius 1 is 0.947 bits per heavy atom. The molecule has 0 spiro atoms. The van der Waals surface area contributed by atoms with Crippen molar-refractivity contribution in [3.63, 3.8) is 0 Å². The highest BCUT2D eigenvalue weighted by Crippen LogP contribution is 2.24. The zero-order chi connectivity index (χ0) is 15.4. The highest BCUT2D eigenvalue weighted by molar-refractivity contribution is 5.93. The third-order valence-electron chi connectivity index (χ3n) is 1.73. The molecular weight excluding hydrogens is 268 g/mol. The van der Waals surface area contributed by atoms with Crippen LogP contribution in [0.25, 0.3) is 0 Å². The number of cyclic esters (lactones) is 4. The molecule has 0 aromatic rings. The van der Waals surface area contributed by atoms with Crippen LogP contribution in [0.5, 0.6) is 0 Å². The molecular formula is C9H14O10. The van der Waals surface area contributed by atoms with Crippen LogP contribution in [0.3, 0.4) is 0 Å². The van der Waals surface area contributed by atoms with Crippen LogP contribution in [0.15, 0.2) is 0 Å². The fourth-order valence-corrected chi connectivity index (χ4v) is 0.756. The predicted molar refractivity (Wildman–Crippen MR) is 57.3 cm³/mol. The normalized spacial score (nSPS) is 15.0. The number of rotatable bonds is 0. The van der Waals surface area contributed by atoms with Crippen molar-refractivity contribution >= 4 is 24.6 Å². The zero-order valence-corrected chi connectivity index (χ0v) is 9.94. The molecule has 10 nitrogen and oxygen atoms in total. The minimum Gasteiger partial charge on any atom is -0.450 e. The Morgan fingerprint density at radius 3 is 1.16 bits per heavy atom. The highest BCUT2D eigenvalue weighted by Gasteiger charge is 2.27. The monoisotopic (exact) mass is 282 g/mol. The Kier molecular flexibility index (Phi) is 10.5. The maximum absolute atomic E-state index is 9.44. The molecule has 0 aromatic carbocycles. The summed E-state index contributed by atoms with van der Waals surface area (Å²) in [5.74, 6) is 1.06. The van der Waals surface area contributed by atoms with Crippen LogP contribution < -0.4 is 0 Å². The van der Waals surface area contributed by atoms with E-state index in [1.54, 1.807) is 0 Å². The largest absolute Gasteiger partial charge is 0.528 e. The molecule has 19 heavy (non-hydrogen) atoms. The van der Waals surface area contributed by atoms with Crippen LogP contribution >= 0.6 is 0 Å². The minimum absolute atomic E-state index is 0.917. The second-order valence-corrected chi connectivity index (χ2v) is 3.31. The lowest BCUT2D eigenvalue weighted by Gasteiger charge is -2.18. The summed E-state index contributed by atoms with van der Waals surface area (Å²) < 4.78 is 7.28. The van der Waals surface area contributed by atoms with Crippen LogP contribution in [-0.4, -0.2) is 45.0 Å². The predicted octanol–water partition coefficient (Wildman–Crippen LogP) is 2.52. The van der Waals surface area contributed by atoms with E-state index in [-0.39, 0.29) is 0 Å². The van der Waals surface area contributed by atoms with E-state index in [4.69, 9.17) is 30.0 Å². The molecule has 0 radical (unpaired) electrons. The molecule has 1 heterocycles. The van der Waals surface area contributed by atoms with Gasteiger partial charge < -0.3 is 29.9 Å². The Bertz CT molecular complexity index is 277. The van der Waals surface area contributed by atoms with E-state index >= 15 is 0 Å². The van der Waals surface area contributed by atoms with Crippen molar-refractivity contribution in [2.75, 3.05) is 0 Å². The van der Waals surface area contributed by atoms with Gasteiger partial charge in [-0.05, 0) is 5.92 Å². The summed E-state index contributed by atoms with van der Waals surface area (Å²) in [5.41, 5.74) is 0. The van der Waals surface area contributed by atoms with E-state index in [0.29, 0.717) is 0 Å². The van der Waals surface area contributed by atoms with Crippen molar-refractivity contribution in [3.05, 3.63) is 0 Å². The van der Waals surface area contributed by atoms with Crippen LogP contribution in [0.4, 0.5) is 19.2 Å². The summed E-state index contributed by atoms with van der Waals surface area (Å²) in [5, 5.41) is 27.9. The Labute approximate surface area is 107 Å². The van der Waals surface area contributed by atoms with Gasteiger partial charge in [0, 0.05) is 0 Å². The van der Waals surface area contributed by atoms with Gasteiger partial charge in [-0.2, -0.15) is 0 Å². The summed E-state index contributed by atoms with van der Waals surface area (Å²) >= 11 is 0. The maximum Gasteiger partial charge on any atom is 0.528 e. The van der Waals surface area contributed by atoms with Crippen molar-refractivity contribution in [1.29, 1.82) is 0 Å². The SMILES string of the molecule is CC1CCC1.O=C(O)O.O=C(O)O.O=C1OC(=O)O1. The summed E-state index contributed by atoms with van der Waals surface area (Å²) in [6, 6.07) is 0. The maximum atomic E-state index is 9.44. The van der Waals surface area contributed by atoms with Crippen molar-refractivity contribution in [2.24, 2.45) is 5.92 Å². The van der Waals surface area contributed by atoms with Crippen molar-refractivity contribution in [3.8, 4) is 0 Å². The van der Waals surface area contributed by atoms with Gasteiger partial charge in [-0.3, -0.25) is 0 Å². The first-order valence-electron chi connectivity index (χ1n) is 4.92. The topological polar surface area (TPSA) is 168 Å². The fourth-order valence-electron chi connectivity index (χ4n) is 0.756. The van der Waals surface area contributed by atoms with Gasteiger partial charge in [-0.25, -0.2) is 19.2 Å².